The zero-order valence-electron chi connectivity index (χ0n) is 14.0. The monoisotopic (exact) mass is 331 g/mol. The predicted molar refractivity (Wildman–Crippen MR) is 91.3 cm³/mol. The summed E-state index contributed by atoms with van der Waals surface area (Å²) in [5, 5.41) is 2.79. The van der Waals surface area contributed by atoms with Gasteiger partial charge in [0.05, 0.1) is 34.4 Å². The highest BCUT2D eigenvalue weighted by atomic mass is 16.5. The van der Waals surface area contributed by atoms with Gasteiger partial charge in [-0.3, -0.25) is 4.79 Å². The van der Waals surface area contributed by atoms with Crippen LogP contribution in [0.4, 0.5) is 5.69 Å². The minimum Gasteiger partial charge on any atom is -0.493 e. The number of benzene rings is 2. The number of nitrogens with one attached hydrogen (secondary N) is 1. The van der Waals surface area contributed by atoms with Crippen LogP contribution in [0, 0.1) is 0 Å². The lowest BCUT2D eigenvalue weighted by molar-refractivity contribution is -0.116. The van der Waals surface area contributed by atoms with Gasteiger partial charge in [0.15, 0.2) is 11.5 Å². The number of amides is 1. The molecule has 0 aliphatic rings. The lowest BCUT2D eigenvalue weighted by Crippen LogP contribution is -2.15. The summed E-state index contributed by atoms with van der Waals surface area (Å²) in [5.74, 6) is 2.00. The van der Waals surface area contributed by atoms with E-state index in [2.05, 4.69) is 5.32 Å². The molecule has 2 rings (SSSR count). The van der Waals surface area contributed by atoms with E-state index >= 15 is 0 Å². The van der Waals surface area contributed by atoms with Crippen molar-refractivity contribution < 1.29 is 23.7 Å². The molecule has 6 nitrogen and oxygen atoms in total. The van der Waals surface area contributed by atoms with Crippen molar-refractivity contribution in [1.29, 1.82) is 0 Å². The highest BCUT2D eigenvalue weighted by molar-refractivity contribution is 5.91. The topological polar surface area (TPSA) is 66.0 Å². The molecule has 0 aliphatic heterocycles. The van der Waals surface area contributed by atoms with Crippen molar-refractivity contribution >= 4 is 11.6 Å². The molecule has 0 unspecified atom stereocenters. The summed E-state index contributed by atoms with van der Waals surface area (Å²) < 4.78 is 21.3. The highest BCUT2D eigenvalue weighted by Gasteiger charge is 2.14. The molecule has 0 radical (unpaired) electrons. The van der Waals surface area contributed by atoms with E-state index in [1.54, 1.807) is 12.1 Å². The zero-order valence-corrected chi connectivity index (χ0v) is 14.0. The van der Waals surface area contributed by atoms with Gasteiger partial charge in [-0.15, -0.1) is 0 Å². The van der Waals surface area contributed by atoms with Crippen LogP contribution in [0.25, 0.3) is 0 Å². The van der Waals surface area contributed by atoms with Crippen LogP contribution < -0.4 is 24.3 Å². The van der Waals surface area contributed by atoms with Crippen molar-refractivity contribution in [2.24, 2.45) is 0 Å². The van der Waals surface area contributed by atoms with Gasteiger partial charge in [-0.25, -0.2) is 0 Å². The van der Waals surface area contributed by atoms with E-state index in [-0.39, 0.29) is 12.3 Å². The molecule has 0 fully saturated rings. The molecule has 0 saturated carbocycles. The van der Waals surface area contributed by atoms with Gasteiger partial charge >= 0.3 is 0 Å². The molecule has 0 atom stereocenters. The molecule has 0 bridgehead atoms. The highest BCUT2D eigenvalue weighted by Crippen LogP contribution is 2.39. The van der Waals surface area contributed by atoms with E-state index < -0.39 is 0 Å². The number of carbonyl (C=O) groups excluding carboxylic acids is 1. The maximum absolute atomic E-state index is 12.1. The van der Waals surface area contributed by atoms with Crippen LogP contribution in [-0.4, -0.2) is 33.8 Å². The van der Waals surface area contributed by atoms with Crippen LogP contribution in [0.3, 0.4) is 0 Å². The normalized spacial score (nSPS) is 9.96. The molecule has 2 aromatic rings. The molecule has 0 aliphatic carbocycles. The van der Waals surface area contributed by atoms with E-state index in [0.717, 1.165) is 5.75 Å². The number of methoxy groups -OCH3 is 3. The summed E-state index contributed by atoms with van der Waals surface area (Å²) in [6, 6.07) is 12.7. The van der Waals surface area contributed by atoms with Gasteiger partial charge in [0, 0.05) is 17.8 Å². The number of para-hydroxylation sites is 1. The van der Waals surface area contributed by atoms with E-state index in [4.69, 9.17) is 18.9 Å². The van der Waals surface area contributed by atoms with Gasteiger partial charge in [-0.05, 0) is 12.1 Å². The van der Waals surface area contributed by atoms with Crippen LogP contribution in [-0.2, 0) is 4.79 Å². The second kappa shape index (κ2) is 8.67. The van der Waals surface area contributed by atoms with Gasteiger partial charge in [-0.1, -0.05) is 18.2 Å². The minimum absolute atomic E-state index is 0.166. The van der Waals surface area contributed by atoms with Crippen molar-refractivity contribution in [2.75, 3.05) is 33.3 Å². The molecule has 2 aromatic carbocycles. The standard InChI is InChI=1S/C18H21NO5/c1-21-15-11-13(12-16(22-2)18(15)23-3)19-17(20)9-10-24-14-7-5-4-6-8-14/h4-8,11-12H,9-10H2,1-3H3,(H,19,20). The molecule has 24 heavy (non-hydrogen) atoms. The Balaban J connectivity index is 1.96. The van der Waals surface area contributed by atoms with Crippen molar-refractivity contribution in [3.05, 3.63) is 42.5 Å². The van der Waals surface area contributed by atoms with Crippen molar-refractivity contribution in [1.82, 2.24) is 0 Å². The second-order valence-electron chi connectivity index (χ2n) is 4.87. The molecule has 1 N–H and O–H groups in total. The average Bonchev–Trinajstić information content (AvgIpc) is 2.61. The molecular weight excluding hydrogens is 310 g/mol. The Morgan fingerprint density at radius 2 is 1.58 bits per heavy atom. The molecule has 6 heteroatoms. The number of anilines is 1. The third-order valence-corrected chi connectivity index (χ3v) is 3.29. The SMILES string of the molecule is COc1cc(NC(=O)CCOc2ccccc2)cc(OC)c1OC. The fourth-order valence-electron chi connectivity index (χ4n) is 2.16. The number of ether oxygens (including phenoxy) is 4. The first kappa shape index (κ1) is 17.5. The van der Waals surface area contributed by atoms with E-state index in [0.29, 0.717) is 29.5 Å². The summed E-state index contributed by atoms with van der Waals surface area (Å²) in [6.45, 7) is 0.292. The minimum atomic E-state index is -0.166. The van der Waals surface area contributed by atoms with Crippen molar-refractivity contribution in [2.45, 2.75) is 6.42 Å². The van der Waals surface area contributed by atoms with Crippen LogP contribution in [0.2, 0.25) is 0 Å². The van der Waals surface area contributed by atoms with Gasteiger partial charge < -0.3 is 24.3 Å². The van der Waals surface area contributed by atoms with Gasteiger partial charge in [0.1, 0.15) is 5.75 Å². The zero-order chi connectivity index (χ0) is 17.4. The number of hydrogen-bond acceptors (Lipinski definition) is 5. The number of hydrogen-bond donors (Lipinski definition) is 1. The molecule has 0 saturated heterocycles. The van der Waals surface area contributed by atoms with Crippen LogP contribution in [0.15, 0.2) is 42.5 Å². The van der Waals surface area contributed by atoms with Crippen LogP contribution in [0.1, 0.15) is 6.42 Å². The lowest BCUT2D eigenvalue weighted by Gasteiger charge is -2.14. The van der Waals surface area contributed by atoms with E-state index in [1.165, 1.54) is 21.3 Å². The Labute approximate surface area is 141 Å². The first-order valence-electron chi connectivity index (χ1n) is 7.45. The summed E-state index contributed by atoms with van der Waals surface area (Å²) in [5.41, 5.74) is 0.564. The van der Waals surface area contributed by atoms with Gasteiger partial charge in [0.25, 0.3) is 0 Å². The van der Waals surface area contributed by atoms with Crippen LogP contribution >= 0.6 is 0 Å². The van der Waals surface area contributed by atoms with E-state index in [1.807, 2.05) is 30.3 Å². The molecule has 0 heterocycles. The average molecular weight is 331 g/mol. The fourth-order valence-corrected chi connectivity index (χ4v) is 2.16. The second-order valence-corrected chi connectivity index (χ2v) is 4.87. The van der Waals surface area contributed by atoms with E-state index in [9.17, 15) is 4.79 Å². The van der Waals surface area contributed by atoms with Crippen molar-refractivity contribution in [3.63, 3.8) is 0 Å². The Morgan fingerprint density at radius 1 is 0.958 bits per heavy atom. The third kappa shape index (κ3) is 4.55. The molecule has 0 spiro atoms. The smallest absolute Gasteiger partial charge is 0.227 e. The summed E-state index contributed by atoms with van der Waals surface area (Å²) in [4.78, 5) is 12.1. The quantitative estimate of drug-likeness (QED) is 0.805. The lowest BCUT2D eigenvalue weighted by atomic mass is 10.2. The van der Waals surface area contributed by atoms with Crippen LogP contribution in [0.5, 0.6) is 23.0 Å². The molecule has 128 valence electrons. The predicted octanol–water partition coefficient (Wildman–Crippen LogP) is 3.12. The first-order valence-corrected chi connectivity index (χ1v) is 7.45. The first-order chi connectivity index (χ1) is 11.7. The number of rotatable bonds is 8. The molecular formula is C18H21NO5. The Bertz CT molecular complexity index is 647. The number of carbonyl (C=O) groups is 1. The summed E-state index contributed by atoms with van der Waals surface area (Å²) in [6.07, 6.45) is 0.228. The Morgan fingerprint density at radius 3 is 2.12 bits per heavy atom. The largest absolute Gasteiger partial charge is 0.493 e. The molecule has 0 aromatic heterocycles. The molecule has 1 amide bonds. The Kier molecular flexibility index (Phi) is 6.31. The van der Waals surface area contributed by atoms with Gasteiger partial charge in [0.2, 0.25) is 11.7 Å². The summed E-state index contributed by atoms with van der Waals surface area (Å²) >= 11 is 0. The van der Waals surface area contributed by atoms with Crippen molar-refractivity contribution in [3.8, 4) is 23.0 Å². The van der Waals surface area contributed by atoms with Gasteiger partial charge in [-0.2, -0.15) is 0 Å². The maximum Gasteiger partial charge on any atom is 0.227 e. The Hall–Kier alpha value is -2.89. The summed E-state index contributed by atoms with van der Waals surface area (Å²) in [7, 11) is 4.58. The maximum atomic E-state index is 12.1. The fraction of sp³-hybridized carbons (Fsp3) is 0.278. The third-order valence-electron chi connectivity index (χ3n) is 3.29.